The van der Waals surface area contributed by atoms with Crippen LogP contribution in [0.3, 0.4) is 0 Å². The van der Waals surface area contributed by atoms with Crippen LogP contribution >= 0.6 is 11.3 Å². The highest BCUT2D eigenvalue weighted by Crippen LogP contribution is 2.49. The first-order valence-corrected chi connectivity index (χ1v) is 24.6. The van der Waals surface area contributed by atoms with E-state index < -0.39 is 0 Å². The molecule has 2 aliphatic heterocycles. The molecule has 4 nitrogen and oxygen atoms in total. The zero-order valence-electron chi connectivity index (χ0n) is 39.2. The maximum absolute atomic E-state index is 6.77. The SMILES string of the molecule is CC(C)(C)c1ccc(N2c3cc(N(c4ccccc4)c4cccc5c4oc4ccccc45)ccc3B3c4c2cccc4N(c2ccc(C(C)(C)C)cc2)c2ccc4c(sc5ccccc54)c23)cc1. The summed E-state index contributed by atoms with van der Waals surface area (Å²) >= 11 is 1.93. The molecule has 6 heteroatoms. The first kappa shape index (κ1) is 40.7. The maximum Gasteiger partial charge on any atom is 0.254 e. The predicted molar refractivity (Wildman–Crippen MR) is 293 cm³/mol. The Bertz CT molecular complexity index is 3780. The van der Waals surface area contributed by atoms with Gasteiger partial charge in [0.15, 0.2) is 5.58 Å². The number of benzene rings is 9. The Labute approximate surface area is 402 Å². The van der Waals surface area contributed by atoms with Gasteiger partial charge >= 0.3 is 0 Å². The summed E-state index contributed by atoms with van der Waals surface area (Å²) in [6, 6.07) is 72.0. The third-order valence-corrected chi connectivity index (χ3v) is 15.6. The molecule has 0 amide bonds. The highest BCUT2D eigenvalue weighted by Gasteiger charge is 2.45. The Morgan fingerprint density at radius 2 is 1.04 bits per heavy atom. The number of furan rings is 1. The van der Waals surface area contributed by atoms with E-state index in [-0.39, 0.29) is 17.5 Å². The molecule has 0 N–H and O–H groups in total. The smallest absolute Gasteiger partial charge is 0.254 e. The van der Waals surface area contributed by atoms with Crippen molar-refractivity contribution in [1.82, 2.24) is 0 Å². The van der Waals surface area contributed by atoms with Gasteiger partial charge in [0.1, 0.15) is 5.58 Å². The van der Waals surface area contributed by atoms with Gasteiger partial charge < -0.3 is 19.1 Å². The van der Waals surface area contributed by atoms with Crippen molar-refractivity contribution in [2.75, 3.05) is 14.7 Å². The van der Waals surface area contributed by atoms with E-state index in [1.54, 1.807) is 0 Å². The topological polar surface area (TPSA) is 22.9 Å². The molecule has 4 heterocycles. The van der Waals surface area contributed by atoms with Crippen LogP contribution in [0.15, 0.2) is 199 Å². The van der Waals surface area contributed by atoms with Crippen LogP contribution in [0.4, 0.5) is 51.2 Å². The monoisotopic (exact) mass is 895 g/mol. The van der Waals surface area contributed by atoms with Crippen molar-refractivity contribution in [2.24, 2.45) is 0 Å². The van der Waals surface area contributed by atoms with Gasteiger partial charge in [-0.05, 0) is 129 Å². The van der Waals surface area contributed by atoms with Gasteiger partial charge in [0.05, 0.1) is 5.69 Å². The number of thiophene rings is 1. The molecule has 0 saturated carbocycles. The molecule has 0 radical (unpaired) electrons. The Morgan fingerprint density at radius 1 is 0.456 bits per heavy atom. The fourth-order valence-electron chi connectivity index (χ4n) is 11.0. The summed E-state index contributed by atoms with van der Waals surface area (Å²) in [4.78, 5) is 7.44. The van der Waals surface area contributed by atoms with E-state index in [1.807, 2.05) is 17.4 Å². The number of nitrogens with zero attached hydrogens (tertiary/aromatic N) is 3. The number of rotatable bonds is 5. The molecule has 0 saturated heterocycles. The minimum absolute atomic E-state index is 0.0126. The van der Waals surface area contributed by atoms with E-state index in [9.17, 15) is 0 Å². The van der Waals surface area contributed by atoms with Crippen LogP contribution in [-0.2, 0) is 10.8 Å². The van der Waals surface area contributed by atoms with Gasteiger partial charge in [-0.3, -0.25) is 0 Å². The molecule has 0 unspecified atom stereocenters. The van der Waals surface area contributed by atoms with Crippen LogP contribution in [0.5, 0.6) is 0 Å². The van der Waals surface area contributed by atoms with Gasteiger partial charge in [0.2, 0.25) is 0 Å². The zero-order chi connectivity index (χ0) is 46.1. The number of hydrogen-bond donors (Lipinski definition) is 0. The quantitative estimate of drug-likeness (QED) is 0.161. The second-order valence-electron chi connectivity index (χ2n) is 20.5. The van der Waals surface area contributed by atoms with Crippen molar-refractivity contribution in [1.29, 1.82) is 0 Å². The Morgan fingerprint density at radius 3 is 1.74 bits per heavy atom. The van der Waals surface area contributed by atoms with E-state index in [0.717, 1.165) is 56.1 Å². The average molecular weight is 896 g/mol. The minimum Gasteiger partial charge on any atom is -0.454 e. The van der Waals surface area contributed by atoms with E-state index in [2.05, 4.69) is 244 Å². The molecule has 0 bridgehead atoms. The molecule has 68 heavy (non-hydrogen) atoms. The molecule has 13 rings (SSSR count). The van der Waals surface area contributed by atoms with Crippen LogP contribution in [0, 0.1) is 0 Å². The highest BCUT2D eigenvalue weighted by atomic mass is 32.1. The summed E-state index contributed by atoms with van der Waals surface area (Å²) in [7, 11) is 0. The fraction of sp³-hybridized carbons (Fsp3) is 0.129. The molecule has 0 spiro atoms. The summed E-state index contributed by atoms with van der Waals surface area (Å²) in [5, 5.41) is 4.83. The minimum atomic E-state index is -0.0452. The molecule has 0 aliphatic carbocycles. The lowest BCUT2D eigenvalue weighted by molar-refractivity contribution is 0.590. The van der Waals surface area contributed by atoms with Crippen molar-refractivity contribution >= 4 is 128 Å². The summed E-state index contributed by atoms with van der Waals surface area (Å²) in [5.74, 6) is 0. The van der Waals surface area contributed by atoms with Crippen LogP contribution < -0.4 is 31.1 Å². The Kier molecular flexibility index (Phi) is 8.97. The van der Waals surface area contributed by atoms with Crippen LogP contribution in [0.2, 0.25) is 0 Å². The molecule has 9 aromatic carbocycles. The number of para-hydroxylation sites is 3. The number of fused-ring (bicyclic) bond motifs is 11. The standard InChI is InChI=1S/C62H50BN3OS/c1-61(2,3)39-26-30-42(31-27-39)65-50-21-15-22-51-57(50)63(58-52(65)37-35-48-46-19-11-13-25-56(46)68-60(48)58)49-36-34-44(38-54(49)66(51)43-32-28-40(29-33-43)62(4,5)6)64(41-16-8-7-9-17-41)53-23-14-20-47-45-18-10-12-24-55(45)67-59(47)53/h7-38H,1-6H3. The summed E-state index contributed by atoms with van der Waals surface area (Å²) in [5.41, 5.74) is 18.5. The van der Waals surface area contributed by atoms with Crippen LogP contribution in [-0.4, -0.2) is 6.71 Å². The van der Waals surface area contributed by atoms with Crippen molar-refractivity contribution in [3.8, 4) is 0 Å². The predicted octanol–water partition coefficient (Wildman–Crippen LogP) is 16.1. The summed E-state index contributed by atoms with van der Waals surface area (Å²) in [6.07, 6.45) is 0. The van der Waals surface area contributed by atoms with Gasteiger partial charge in [-0.2, -0.15) is 0 Å². The van der Waals surface area contributed by atoms with Crippen molar-refractivity contribution < 1.29 is 4.42 Å². The van der Waals surface area contributed by atoms with Gasteiger partial charge in [-0.1, -0.05) is 151 Å². The molecule has 328 valence electrons. The molecule has 11 aromatic rings. The number of anilines is 9. The molecule has 2 aromatic heterocycles. The second-order valence-corrected chi connectivity index (χ2v) is 21.6. The largest absolute Gasteiger partial charge is 0.454 e. The fourth-order valence-corrected chi connectivity index (χ4v) is 12.3. The van der Waals surface area contributed by atoms with Gasteiger partial charge in [0, 0.05) is 71.1 Å². The highest BCUT2D eigenvalue weighted by molar-refractivity contribution is 7.28. The molecular weight excluding hydrogens is 846 g/mol. The van der Waals surface area contributed by atoms with Crippen molar-refractivity contribution in [3.63, 3.8) is 0 Å². The molecule has 2 aliphatic rings. The molecule has 0 fully saturated rings. The molecule has 0 atom stereocenters. The molecular formula is C62H50BN3OS. The maximum atomic E-state index is 6.77. The van der Waals surface area contributed by atoms with Crippen molar-refractivity contribution in [2.45, 2.75) is 52.4 Å². The number of hydrogen-bond acceptors (Lipinski definition) is 5. The van der Waals surface area contributed by atoms with E-state index in [1.165, 1.54) is 64.7 Å². The lowest BCUT2D eigenvalue weighted by Gasteiger charge is -2.44. The van der Waals surface area contributed by atoms with Gasteiger partial charge in [-0.25, -0.2) is 0 Å². The Hall–Kier alpha value is -7.54. The first-order valence-electron chi connectivity index (χ1n) is 23.8. The lowest BCUT2D eigenvalue weighted by Crippen LogP contribution is -2.61. The third kappa shape index (κ3) is 6.20. The first-order chi connectivity index (χ1) is 33.0. The van der Waals surface area contributed by atoms with E-state index >= 15 is 0 Å². The van der Waals surface area contributed by atoms with Crippen molar-refractivity contribution in [3.05, 3.63) is 205 Å². The second kappa shape index (κ2) is 15.0. The van der Waals surface area contributed by atoms with Crippen LogP contribution in [0.1, 0.15) is 52.7 Å². The van der Waals surface area contributed by atoms with Gasteiger partial charge in [0.25, 0.3) is 6.71 Å². The summed E-state index contributed by atoms with van der Waals surface area (Å²) in [6.45, 7) is 13.7. The van der Waals surface area contributed by atoms with E-state index in [0.29, 0.717) is 0 Å². The van der Waals surface area contributed by atoms with E-state index in [4.69, 9.17) is 4.42 Å². The summed E-state index contributed by atoms with van der Waals surface area (Å²) < 4.78 is 9.42. The average Bonchev–Trinajstić information content (AvgIpc) is 3.93. The van der Waals surface area contributed by atoms with Crippen LogP contribution in [0.25, 0.3) is 42.1 Å². The third-order valence-electron chi connectivity index (χ3n) is 14.4. The Balaban J connectivity index is 1.10. The zero-order valence-corrected chi connectivity index (χ0v) is 40.0. The lowest BCUT2D eigenvalue weighted by atomic mass is 9.33. The normalized spacial score (nSPS) is 13.4. The van der Waals surface area contributed by atoms with Gasteiger partial charge in [-0.15, -0.1) is 11.3 Å².